The van der Waals surface area contributed by atoms with Gasteiger partial charge in [-0.1, -0.05) is 30.3 Å². The van der Waals surface area contributed by atoms with E-state index < -0.39 is 6.04 Å². The Labute approximate surface area is 128 Å². The third-order valence-electron chi connectivity index (χ3n) is 2.90. The first-order valence-electron chi connectivity index (χ1n) is 6.93. The first kappa shape index (κ1) is 15.7. The van der Waals surface area contributed by atoms with Crippen molar-refractivity contribution in [3.63, 3.8) is 0 Å². The molecule has 0 spiro atoms. The number of hydrogen-bond acceptors (Lipinski definition) is 4. The second-order valence-corrected chi connectivity index (χ2v) is 4.51. The monoisotopic (exact) mass is 302 g/mol. The summed E-state index contributed by atoms with van der Waals surface area (Å²) in [5.41, 5.74) is 0.685. The fraction of sp³-hybridized carbons (Fsp3) is 0.267. The number of hydrogen-bond donors (Lipinski definition) is 3. The second kappa shape index (κ2) is 7.94. The summed E-state index contributed by atoms with van der Waals surface area (Å²) in [6, 6.07) is 9.83. The summed E-state index contributed by atoms with van der Waals surface area (Å²) in [6.07, 6.45) is 1.53. The van der Waals surface area contributed by atoms with Crippen LogP contribution in [0, 0.1) is 0 Å². The summed E-state index contributed by atoms with van der Waals surface area (Å²) >= 11 is 0. The average Bonchev–Trinajstić information content (AvgIpc) is 3.04. The van der Waals surface area contributed by atoms with Crippen LogP contribution in [-0.2, 0) is 14.3 Å². The van der Waals surface area contributed by atoms with Gasteiger partial charge in [-0.25, -0.2) is 0 Å². The van der Waals surface area contributed by atoms with E-state index in [0.29, 0.717) is 18.0 Å². The van der Waals surface area contributed by atoms with E-state index in [4.69, 9.17) is 4.74 Å². The highest BCUT2D eigenvalue weighted by Crippen LogP contribution is 2.15. The molecule has 0 aliphatic carbocycles. The fourth-order valence-electron chi connectivity index (χ4n) is 1.87. The van der Waals surface area contributed by atoms with E-state index in [-0.39, 0.29) is 18.4 Å². The molecule has 0 saturated heterocycles. The molecule has 0 aliphatic rings. The number of ether oxygens (including phenoxy) is 1. The van der Waals surface area contributed by atoms with Gasteiger partial charge < -0.3 is 15.4 Å². The van der Waals surface area contributed by atoms with Crippen molar-refractivity contribution in [3.8, 4) is 0 Å². The van der Waals surface area contributed by atoms with Crippen LogP contribution in [0.2, 0.25) is 0 Å². The van der Waals surface area contributed by atoms with Gasteiger partial charge in [0.1, 0.15) is 18.5 Å². The number of carbonyl (C=O) groups excluding carboxylic acids is 2. The lowest BCUT2D eigenvalue weighted by Crippen LogP contribution is -2.38. The standard InChI is InChI=1S/C15H18N4O3/c1-2-22-10-13(20)18-14(11-6-4-3-5-7-11)15(21)17-12-8-9-16-19-12/h3-9,14H,2,10H2,1H3,(H,18,20)(H2,16,17,19,21)/t14-/m0/s1. The molecule has 2 rings (SSSR count). The molecule has 7 nitrogen and oxygen atoms in total. The summed E-state index contributed by atoms with van der Waals surface area (Å²) in [5, 5.41) is 11.7. The predicted molar refractivity (Wildman–Crippen MR) is 81.0 cm³/mol. The largest absolute Gasteiger partial charge is 0.372 e. The lowest BCUT2D eigenvalue weighted by Gasteiger charge is -2.18. The summed E-state index contributed by atoms with van der Waals surface area (Å²) in [6.45, 7) is 2.15. The molecule has 1 atom stereocenters. The molecule has 0 fully saturated rings. The van der Waals surface area contributed by atoms with Gasteiger partial charge in [0, 0.05) is 12.7 Å². The fourth-order valence-corrected chi connectivity index (χ4v) is 1.87. The van der Waals surface area contributed by atoms with E-state index >= 15 is 0 Å². The van der Waals surface area contributed by atoms with Crippen molar-refractivity contribution in [1.29, 1.82) is 0 Å². The second-order valence-electron chi connectivity index (χ2n) is 4.51. The highest BCUT2D eigenvalue weighted by Gasteiger charge is 2.23. The van der Waals surface area contributed by atoms with Crippen LogP contribution in [0.5, 0.6) is 0 Å². The Morgan fingerprint density at radius 2 is 2.05 bits per heavy atom. The van der Waals surface area contributed by atoms with Gasteiger partial charge in [0.15, 0.2) is 0 Å². The van der Waals surface area contributed by atoms with E-state index in [9.17, 15) is 9.59 Å². The molecular formula is C15H18N4O3. The van der Waals surface area contributed by atoms with Crippen LogP contribution in [0.15, 0.2) is 42.6 Å². The molecule has 0 unspecified atom stereocenters. The number of nitrogens with one attached hydrogen (secondary N) is 3. The Kier molecular flexibility index (Phi) is 5.67. The number of anilines is 1. The summed E-state index contributed by atoms with van der Waals surface area (Å²) in [4.78, 5) is 24.3. The molecule has 0 aliphatic heterocycles. The molecule has 3 N–H and O–H groups in total. The average molecular weight is 302 g/mol. The van der Waals surface area contributed by atoms with E-state index in [2.05, 4.69) is 20.8 Å². The molecular weight excluding hydrogens is 284 g/mol. The third-order valence-corrected chi connectivity index (χ3v) is 2.90. The minimum absolute atomic E-state index is 0.0861. The molecule has 0 radical (unpaired) electrons. The van der Waals surface area contributed by atoms with Gasteiger partial charge in [0.25, 0.3) is 5.91 Å². The van der Waals surface area contributed by atoms with Crippen molar-refractivity contribution in [2.45, 2.75) is 13.0 Å². The first-order valence-corrected chi connectivity index (χ1v) is 6.93. The van der Waals surface area contributed by atoms with E-state index in [1.54, 1.807) is 37.3 Å². The third kappa shape index (κ3) is 4.42. The van der Waals surface area contributed by atoms with Crippen LogP contribution in [0.4, 0.5) is 5.82 Å². The maximum atomic E-state index is 12.4. The van der Waals surface area contributed by atoms with Gasteiger partial charge in [0.05, 0.1) is 6.20 Å². The smallest absolute Gasteiger partial charge is 0.252 e. The molecule has 1 aromatic carbocycles. The number of rotatable bonds is 7. The van der Waals surface area contributed by atoms with Gasteiger partial charge in [-0.3, -0.25) is 14.7 Å². The molecule has 0 bridgehead atoms. The zero-order chi connectivity index (χ0) is 15.8. The van der Waals surface area contributed by atoms with Crippen molar-refractivity contribution >= 4 is 17.6 Å². The molecule has 7 heteroatoms. The Balaban J connectivity index is 2.10. The van der Waals surface area contributed by atoms with Gasteiger partial charge >= 0.3 is 0 Å². The number of carbonyl (C=O) groups is 2. The maximum Gasteiger partial charge on any atom is 0.252 e. The van der Waals surface area contributed by atoms with Gasteiger partial charge in [0.2, 0.25) is 5.91 Å². The highest BCUT2D eigenvalue weighted by atomic mass is 16.5. The maximum absolute atomic E-state index is 12.4. The number of benzene rings is 1. The van der Waals surface area contributed by atoms with Crippen LogP contribution < -0.4 is 10.6 Å². The number of amides is 2. The number of nitrogens with zero attached hydrogens (tertiary/aromatic N) is 1. The van der Waals surface area contributed by atoms with Crippen molar-refractivity contribution < 1.29 is 14.3 Å². The highest BCUT2D eigenvalue weighted by molar-refractivity contribution is 5.97. The van der Waals surface area contributed by atoms with Crippen LogP contribution in [0.1, 0.15) is 18.5 Å². The van der Waals surface area contributed by atoms with Gasteiger partial charge in [-0.05, 0) is 12.5 Å². The van der Waals surface area contributed by atoms with E-state index in [1.165, 1.54) is 6.20 Å². The molecule has 1 heterocycles. The first-order chi connectivity index (χ1) is 10.7. The predicted octanol–water partition coefficient (Wildman–Crippen LogP) is 1.24. The van der Waals surface area contributed by atoms with Crippen LogP contribution in [0.25, 0.3) is 0 Å². The normalized spacial score (nSPS) is 11.7. The minimum atomic E-state index is -0.808. The molecule has 116 valence electrons. The summed E-state index contributed by atoms with van der Waals surface area (Å²) < 4.78 is 5.06. The zero-order valence-corrected chi connectivity index (χ0v) is 12.2. The van der Waals surface area contributed by atoms with Crippen LogP contribution in [-0.4, -0.2) is 35.2 Å². The van der Waals surface area contributed by atoms with Crippen molar-refractivity contribution in [2.75, 3.05) is 18.5 Å². The molecule has 22 heavy (non-hydrogen) atoms. The van der Waals surface area contributed by atoms with E-state index in [0.717, 1.165) is 0 Å². The van der Waals surface area contributed by atoms with Crippen LogP contribution in [0.3, 0.4) is 0 Å². The lowest BCUT2D eigenvalue weighted by molar-refractivity contribution is -0.129. The van der Waals surface area contributed by atoms with E-state index in [1.807, 2.05) is 6.07 Å². The van der Waals surface area contributed by atoms with Crippen molar-refractivity contribution in [1.82, 2.24) is 15.5 Å². The topological polar surface area (TPSA) is 96.1 Å². The van der Waals surface area contributed by atoms with Gasteiger partial charge in [-0.2, -0.15) is 5.10 Å². The van der Waals surface area contributed by atoms with Crippen molar-refractivity contribution in [3.05, 3.63) is 48.2 Å². The lowest BCUT2D eigenvalue weighted by atomic mass is 10.1. The summed E-state index contributed by atoms with van der Waals surface area (Å²) in [5.74, 6) is -0.249. The molecule has 2 aromatic rings. The molecule has 1 aromatic heterocycles. The van der Waals surface area contributed by atoms with Gasteiger partial charge in [-0.15, -0.1) is 0 Å². The number of aromatic amines is 1. The molecule has 2 amide bonds. The quantitative estimate of drug-likeness (QED) is 0.717. The Morgan fingerprint density at radius 3 is 2.68 bits per heavy atom. The molecule has 0 saturated carbocycles. The minimum Gasteiger partial charge on any atom is -0.372 e. The Bertz CT molecular complexity index is 599. The SMILES string of the molecule is CCOCC(=O)N[C@H](C(=O)Nc1ccn[nH]1)c1ccccc1. The zero-order valence-electron chi connectivity index (χ0n) is 12.2. The Hall–Kier alpha value is -2.67. The van der Waals surface area contributed by atoms with Crippen molar-refractivity contribution in [2.24, 2.45) is 0 Å². The Morgan fingerprint density at radius 1 is 1.27 bits per heavy atom. The number of H-pyrrole nitrogens is 1. The van der Waals surface area contributed by atoms with Crippen LogP contribution >= 0.6 is 0 Å². The summed E-state index contributed by atoms with van der Waals surface area (Å²) in [7, 11) is 0. The number of aromatic nitrogens is 2.